The number of hydrogen-bond donors (Lipinski definition) is 1. The van der Waals surface area contributed by atoms with E-state index in [-0.39, 0.29) is 35.5 Å². The first-order valence-electron chi connectivity index (χ1n) is 8.63. The van der Waals surface area contributed by atoms with Gasteiger partial charge in [0.25, 0.3) is 0 Å². The Morgan fingerprint density at radius 2 is 1.78 bits per heavy atom. The van der Waals surface area contributed by atoms with Crippen LogP contribution in [0.1, 0.15) is 18.4 Å². The van der Waals surface area contributed by atoms with Gasteiger partial charge in [0, 0.05) is 35.3 Å². The maximum absolute atomic E-state index is 13.9. The van der Waals surface area contributed by atoms with Crippen LogP contribution in [0.4, 0.5) is 10.1 Å². The van der Waals surface area contributed by atoms with Crippen LogP contribution in [0.15, 0.2) is 48.5 Å². The first-order valence-corrected chi connectivity index (χ1v) is 10.6. The summed E-state index contributed by atoms with van der Waals surface area (Å²) in [4.78, 5) is 12.4. The van der Waals surface area contributed by atoms with Crippen LogP contribution in [0, 0.1) is 11.7 Å². The molecule has 1 aliphatic heterocycles. The number of rotatable bonds is 5. The zero-order chi connectivity index (χ0) is 19.4. The van der Waals surface area contributed by atoms with E-state index < -0.39 is 21.6 Å². The predicted octanol–water partition coefficient (Wildman–Crippen LogP) is 3.66. The van der Waals surface area contributed by atoms with Crippen molar-refractivity contribution in [1.29, 1.82) is 0 Å². The van der Waals surface area contributed by atoms with Crippen molar-refractivity contribution >= 4 is 33.2 Å². The normalized spacial score (nSPS) is 16.2. The third kappa shape index (κ3) is 4.86. The van der Waals surface area contributed by atoms with Crippen LogP contribution in [0.2, 0.25) is 5.02 Å². The van der Waals surface area contributed by atoms with Crippen LogP contribution in [0.5, 0.6) is 0 Å². The minimum atomic E-state index is -3.71. The van der Waals surface area contributed by atoms with E-state index in [1.165, 1.54) is 22.5 Å². The van der Waals surface area contributed by atoms with Crippen molar-refractivity contribution in [2.75, 3.05) is 18.4 Å². The van der Waals surface area contributed by atoms with Gasteiger partial charge in [0.15, 0.2) is 0 Å². The molecule has 1 saturated heterocycles. The fourth-order valence-electron chi connectivity index (χ4n) is 3.11. The minimum absolute atomic E-state index is 0.0249. The van der Waals surface area contributed by atoms with E-state index >= 15 is 0 Å². The molecule has 3 rings (SSSR count). The number of nitrogens with zero attached hydrogens (tertiary/aromatic N) is 1. The number of carbonyl (C=O) groups is 1. The number of amides is 1. The molecule has 1 amide bonds. The summed E-state index contributed by atoms with van der Waals surface area (Å²) in [6.45, 7) is 0.447. The molecule has 1 fully saturated rings. The number of carbonyl (C=O) groups excluding carboxylic acids is 1. The molecule has 8 heteroatoms. The zero-order valence-corrected chi connectivity index (χ0v) is 16.1. The van der Waals surface area contributed by atoms with Gasteiger partial charge in [-0.1, -0.05) is 35.9 Å². The Hall–Kier alpha value is -1.96. The summed E-state index contributed by atoms with van der Waals surface area (Å²) < 4.78 is 40.5. The van der Waals surface area contributed by atoms with Crippen LogP contribution in [-0.2, 0) is 20.6 Å². The van der Waals surface area contributed by atoms with Gasteiger partial charge in [-0.15, -0.1) is 0 Å². The van der Waals surface area contributed by atoms with Crippen molar-refractivity contribution in [1.82, 2.24) is 4.31 Å². The molecule has 27 heavy (non-hydrogen) atoms. The molecule has 1 aliphatic rings. The number of hydrogen-bond acceptors (Lipinski definition) is 3. The van der Waals surface area contributed by atoms with Gasteiger partial charge in [-0.3, -0.25) is 4.79 Å². The summed E-state index contributed by atoms with van der Waals surface area (Å²) >= 11 is 5.94. The summed E-state index contributed by atoms with van der Waals surface area (Å²) in [6, 6.07) is 13.2. The van der Waals surface area contributed by atoms with Crippen LogP contribution in [-0.4, -0.2) is 31.7 Å². The van der Waals surface area contributed by atoms with Crippen molar-refractivity contribution in [3.05, 3.63) is 64.9 Å². The molecular weight excluding hydrogens is 391 g/mol. The Balaban J connectivity index is 1.60. The minimum Gasteiger partial charge on any atom is -0.326 e. The van der Waals surface area contributed by atoms with Gasteiger partial charge in [-0.05, 0) is 37.1 Å². The van der Waals surface area contributed by atoms with Crippen LogP contribution in [0.3, 0.4) is 0 Å². The molecule has 0 aromatic heterocycles. The van der Waals surface area contributed by atoms with Crippen LogP contribution in [0.25, 0.3) is 0 Å². The number of nitrogens with one attached hydrogen (secondary N) is 1. The van der Waals surface area contributed by atoms with Gasteiger partial charge in [0.05, 0.1) is 5.75 Å². The van der Waals surface area contributed by atoms with Gasteiger partial charge in [0.1, 0.15) is 5.82 Å². The van der Waals surface area contributed by atoms with E-state index in [1.54, 1.807) is 12.1 Å². The average molecular weight is 411 g/mol. The van der Waals surface area contributed by atoms with Crippen molar-refractivity contribution in [2.24, 2.45) is 5.92 Å². The van der Waals surface area contributed by atoms with Gasteiger partial charge < -0.3 is 5.32 Å². The number of para-hydroxylation sites is 1. The van der Waals surface area contributed by atoms with E-state index in [0.717, 1.165) is 0 Å². The molecule has 0 radical (unpaired) electrons. The third-order valence-electron chi connectivity index (χ3n) is 4.65. The van der Waals surface area contributed by atoms with Crippen LogP contribution >= 0.6 is 11.6 Å². The maximum atomic E-state index is 13.9. The fourth-order valence-corrected chi connectivity index (χ4v) is 5.02. The van der Waals surface area contributed by atoms with E-state index in [2.05, 4.69) is 5.32 Å². The van der Waals surface area contributed by atoms with Gasteiger partial charge in [-0.2, -0.15) is 0 Å². The second-order valence-corrected chi connectivity index (χ2v) is 8.86. The third-order valence-corrected chi connectivity index (χ3v) is 6.81. The van der Waals surface area contributed by atoms with Crippen molar-refractivity contribution in [3.8, 4) is 0 Å². The second kappa shape index (κ2) is 8.37. The summed E-state index contributed by atoms with van der Waals surface area (Å²) in [5, 5.41) is 2.94. The highest BCUT2D eigenvalue weighted by Crippen LogP contribution is 2.26. The molecular formula is C19H20ClFN2O3S. The van der Waals surface area contributed by atoms with E-state index in [4.69, 9.17) is 11.6 Å². The highest BCUT2D eigenvalue weighted by Gasteiger charge is 2.32. The molecule has 0 aliphatic carbocycles. The summed E-state index contributed by atoms with van der Waals surface area (Å²) in [7, 11) is -3.71. The zero-order valence-electron chi connectivity index (χ0n) is 14.6. The highest BCUT2D eigenvalue weighted by molar-refractivity contribution is 7.88. The molecule has 144 valence electrons. The van der Waals surface area contributed by atoms with Gasteiger partial charge in [0.2, 0.25) is 15.9 Å². The SMILES string of the molecule is O=C(Nc1ccccc1)C1CCN(S(=O)(=O)Cc2c(F)cccc2Cl)CC1. The van der Waals surface area contributed by atoms with Crippen molar-refractivity contribution in [3.63, 3.8) is 0 Å². The summed E-state index contributed by atoms with van der Waals surface area (Å²) in [6.07, 6.45) is 0.839. The lowest BCUT2D eigenvalue weighted by Gasteiger charge is -2.30. The molecule has 0 unspecified atom stereocenters. The number of halogens is 2. The number of sulfonamides is 1. The van der Waals surface area contributed by atoms with Crippen molar-refractivity contribution in [2.45, 2.75) is 18.6 Å². The summed E-state index contributed by atoms with van der Waals surface area (Å²) in [5.74, 6) is -1.49. The molecule has 1 heterocycles. The van der Waals surface area contributed by atoms with Gasteiger partial charge >= 0.3 is 0 Å². The number of benzene rings is 2. The lowest BCUT2D eigenvalue weighted by molar-refractivity contribution is -0.120. The van der Waals surface area contributed by atoms with E-state index in [1.807, 2.05) is 18.2 Å². The van der Waals surface area contributed by atoms with Crippen molar-refractivity contribution < 1.29 is 17.6 Å². The Morgan fingerprint density at radius 3 is 2.41 bits per heavy atom. The quantitative estimate of drug-likeness (QED) is 0.818. The first kappa shape index (κ1) is 19.8. The van der Waals surface area contributed by atoms with E-state index in [0.29, 0.717) is 18.5 Å². The Bertz CT molecular complexity index is 894. The summed E-state index contributed by atoms with van der Waals surface area (Å²) in [5.41, 5.74) is 0.690. The average Bonchev–Trinajstić information content (AvgIpc) is 2.66. The molecule has 0 spiro atoms. The predicted molar refractivity (Wildman–Crippen MR) is 103 cm³/mol. The monoisotopic (exact) mass is 410 g/mol. The second-order valence-electron chi connectivity index (χ2n) is 6.49. The molecule has 1 N–H and O–H groups in total. The molecule has 5 nitrogen and oxygen atoms in total. The molecule has 0 saturated carbocycles. The Kier molecular flexibility index (Phi) is 6.14. The number of piperidine rings is 1. The smallest absolute Gasteiger partial charge is 0.227 e. The van der Waals surface area contributed by atoms with Gasteiger partial charge in [-0.25, -0.2) is 17.1 Å². The number of anilines is 1. The Morgan fingerprint density at radius 1 is 1.11 bits per heavy atom. The highest BCUT2D eigenvalue weighted by atomic mass is 35.5. The lowest BCUT2D eigenvalue weighted by atomic mass is 9.97. The largest absolute Gasteiger partial charge is 0.326 e. The van der Waals surface area contributed by atoms with E-state index in [9.17, 15) is 17.6 Å². The topological polar surface area (TPSA) is 66.5 Å². The maximum Gasteiger partial charge on any atom is 0.227 e. The first-order chi connectivity index (χ1) is 12.9. The molecule has 2 aromatic rings. The van der Waals surface area contributed by atoms with Crippen LogP contribution < -0.4 is 5.32 Å². The Labute approximate surface area is 163 Å². The lowest BCUT2D eigenvalue weighted by Crippen LogP contribution is -2.42. The molecule has 2 aromatic carbocycles. The molecule has 0 bridgehead atoms. The fraction of sp³-hybridized carbons (Fsp3) is 0.316. The standard InChI is InChI=1S/C19H20ClFN2O3S/c20-17-7-4-8-18(21)16(17)13-27(25,26)23-11-9-14(10-12-23)19(24)22-15-5-2-1-3-6-15/h1-8,14H,9-13H2,(H,22,24). The molecule has 0 atom stereocenters.